The summed E-state index contributed by atoms with van der Waals surface area (Å²) < 4.78 is 0. The minimum absolute atomic E-state index is 0.233. The molecule has 1 heterocycles. The zero-order valence-corrected chi connectivity index (χ0v) is 16.9. The van der Waals surface area contributed by atoms with Crippen LogP contribution in [0.25, 0.3) is 0 Å². The SMILES string of the molecule is CC1(N2C(=O)C(C(=O)NCC(=O)O)C(O)N(C3CCCCC3)C2=O)CCCCC1. The maximum Gasteiger partial charge on any atom is 0.329 e. The highest BCUT2D eigenvalue weighted by atomic mass is 16.4. The van der Waals surface area contributed by atoms with Gasteiger partial charge < -0.3 is 15.5 Å². The molecule has 3 rings (SSSR count). The molecule has 2 atom stereocenters. The van der Waals surface area contributed by atoms with E-state index in [4.69, 9.17) is 5.11 Å². The molecular weight excluding hydrogens is 378 g/mol. The van der Waals surface area contributed by atoms with Crippen LogP contribution in [0.3, 0.4) is 0 Å². The second-order valence-corrected chi connectivity index (χ2v) is 8.72. The summed E-state index contributed by atoms with van der Waals surface area (Å²) in [5.74, 6) is -4.36. The van der Waals surface area contributed by atoms with Gasteiger partial charge in [0.2, 0.25) is 11.8 Å². The van der Waals surface area contributed by atoms with Gasteiger partial charge in [-0.25, -0.2) is 4.79 Å². The fraction of sp³-hybridized carbons (Fsp3) is 0.800. The standard InChI is InChI=1S/C20H31N3O6/c1-20(10-6-3-7-11-20)23-18(28)15(16(26)21-12-14(24)25)17(27)22(19(23)29)13-8-4-2-5-9-13/h13,15,17,27H,2-12H2,1H3,(H,21,26)(H,24,25). The number of nitrogens with zero attached hydrogens (tertiary/aromatic N) is 2. The Morgan fingerprint density at radius 2 is 1.66 bits per heavy atom. The third kappa shape index (κ3) is 4.24. The van der Waals surface area contributed by atoms with Crippen molar-refractivity contribution in [1.29, 1.82) is 0 Å². The summed E-state index contributed by atoms with van der Waals surface area (Å²) in [6, 6.07) is -0.759. The third-order valence-electron chi connectivity index (χ3n) is 6.62. The Morgan fingerprint density at radius 1 is 1.07 bits per heavy atom. The average molecular weight is 409 g/mol. The molecule has 162 valence electrons. The molecule has 9 nitrogen and oxygen atoms in total. The van der Waals surface area contributed by atoms with Crippen molar-refractivity contribution in [3.8, 4) is 0 Å². The normalized spacial score (nSPS) is 28.3. The molecule has 0 bridgehead atoms. The van der Waals surface area contributed by atoms with Crippen LogP contribution in [0.5, 0.6) is 0 Å². The second-order valence-electron chi connectivity index (χ2n) is 8.72. The van der Waals surface area contributed by atoms with Crippen LogP contribution in [-0.4, -0.2) is 68.2 Å². The van der Waals surface area contributed by atoms with Crippen molar-refractivity contribution >= 4 is 23.8 Å². The quantitative estimate of drug-likeness (QED) is 0.590. The monoisotopic (exact) mass is 409 g/mol. The summed E-state index contributed by atoms with van der Waals surface area (Å²) in [5.41, 5.74) is -0.704. The fourth-order valence-corrected chi connectivity index (χ4v) is 5.04. The van der Waals surface area contributed by atoms with Crippen LogP contribution in [0, 0.1) is 5.92 Å². The molecule has 0 aromatic heterocycles. The lowest BCUT2D eigenvalue weighted by molar-refractivity contribution is -0.166. The number of amides is 4. The maximum absolute atomic E-state index is 13.4. The molecule has 2 aliphatic carbocycles. The Morgan fingerprint density at radius 3 is 2.24 bits per heavy atom. The summed E-state index contributed by atoms with van der Waals surface area (Å²) in [4.78, 5) is 52.7. The Hall–Kier alpha value is -2.16. The largest absolute Gasteiger partial charge is 0.480 e. The van der Waals surface area contributed by atoms with E-state index in [1.165, 1.54) is 9.80 Å². The van der Waals surface area contributed by atoms with Crippen LogP contribution in [0.2, 0.25) is 0 Å². The molecule has 2 saturated carbocycles. The number of carbonyl (C=O) groups excluding carboxylic acids is 3. The summed E-state index contributed by atoms with van der Waals surface area (Å²) in [6.07, 6.45) is 6.84. The number of imide groups is 1. The Balaban J connectivity index is 1.94. The van der Waals surface area contributed by atoms with E-state index in [0.717, 1.165) is 38.5 Å². The van der Waals surface area contributed by atoms with Crippen molar-refractivity contribution in [3.63, 3.8) is 0 Å². The van der Waals surface area contributed by atoms with Crippen molar-refractivity contribution < 1.29 is 29.4 Å². The smallest absolute Gasteiger partial charge is 0.329 e. The van der Waals surface area contributed by atoms with Gasteiger partial charge in [0.05, 0.1) is 0 Å². The molecule has 0 radical (unpaired) electrons. The van der Waals surface area contributed by atoms with Crippen molar-refractivity contribution in [2.75, 3.05) is 6.54 Å². The number of aliphatic hydroxyl groups is 1. The van der Waals surface area contributed by atoms with Gasteiger partial charge in [-0.1, -0.05) is 38.5 Å². The molecule has 9 heteroatoms. The minimum Gasteiger partial charge on any atom is -0.480 e. The highest BCUT2D eigenvalue weighted by molar-refractivity contribution is 6.09. The van der Waals surface area contributed by atoms with Gasteiger partial charge in [-0.2, -0.15) is 0 Å². The van der Waals surface area contributed by atoms with Gasteiger partial charge in [-0.15, -0.1) is 0 Å². The highest BCUT2D eigenvalue weighted by Crippen LogP contribution is 2.39. The van der Waals surface area contributed by atoms with E-state index in [9.17, 15) is 24.3 Å². The number of hydrogen-bond donors (Lipinski definition) is 3. The summed E-state index contributed by atoms with van der Waals surface area (Å²) >= 11 is 0. The maximum atomic E-state index is 13.4. The van der Waals surface area contributed by atoms with Gasteiger partial charge in [0.1, 0.15) is 6.54 Å². The van der Waals surface area contributed by atoms with Crippen LogP contribution >= 0.6 is 0 Å². The zero-order chi connectivity index (χ0) is 21.2. The molecule has 3 N–H and O–H groups in total. The number of urea groups is 1. The molecule has 4 amide bonds. The van der Waals surface area contributed by atoms with E-state index in [1.54, 1.807) is 0 Å². The Labute approximate surface area is 170 Å². The number of aliphatic carboxylic acids is 1. The van der Waals surface area contributed by atoms with Gasteiger partial charge in [0, 0.05) is 11.6 Å². The number of carbonyl (C=O) groups is 4. The molecule has 2 unspecified atom stereocenters. The molecule has 1 aliphatic heterocycles. The van der Waals surface area contributed by atoms with E-state index >= 15 is 0 Å². The average Bonchev–Trinajstić information content (AvgIpc) is 2.67. The van der Waals surface area contributed by atoms with E-state index in [2.05, 4.69) is 5.32 Å². The predicted molar refractivity (Wildman–Crippen MR) is 103 cm³/mol. The van der Waals surface area contributed by atoms with Crippen molar-refractivity contribution in [1.82, 2.24) is 15.1 Å². The number of carboxylic acids is 1. The molecule has 0 aromatic rings. The Kier molecular flexibility index (Phi) is 6.45. The van der Waals surface area contributed by atoms with Gasteiger partial charge in [-0.3, -0.25) is 24.2 Å². The number of carboxylic acid groups (broad SMARTS) is 1. The van der Waals surface area contributed by atoms with Gasteiger partial charge >= 0.3 is 12.0 Å². The second kappa shape index (κ2) is 8.69. The van der Waals surface area contributed by atoms with Crippen LogP contribution in [0.4, 0.5) is 4.79 Å². The van der Waals surface area contributed by atoms with Crippen LogP contribution in [-0.2, 0) is 14.4 Å². The summed E-state index contributed by atoms with van der Waals surface area (Å²) in [6.45, 7) is 1.22. The van der Waals surface area contributed by atoms with Crippen molar-refractivity contribution in [3.05, 3.63) is 0 Å². The minimum atomic E-state index is -1.59. The van der Waals surface area contributed by atoms with E-state index < -0.39 is 48.0 Å². The summed E-state index contributed by atoms with van der Waals surface area (Å²) in [5, 5.41) is 22.0. The van der Waals surface area contributed by atoms with E-state index in [-0.39, 0.29) is 6.04 Å². The van der Waals surface area contributed by atoms with Crippen LogP contribution < -0.4 is 5.32 Å². The lowest BCUT2D eigenvalue weighted by Gasteiger charge is -2.52. The van der Waals surface area contributed by atoms with Crippen LogP contribution in [0.1, 0.15) is 71.1 Å². The van der Waals surface area contributed by atoms with E-state index in [0.29, 0.717) is 25.7 Å². The lowest BCUT2D eigenvalue weighted by Crippen LogP contribution is -2.71. The highest BCUT2D eigenvalue weighted by Gasteiger charge is 2.55. The topological polar surface area (TPSA) is 127 Å². The molecular formula is C20H31N3O6. The first-order valence-electron chi connectivity index (χ1n) is 10.6. The molecule has 3 fully saturated rings. The first kappa shape index (κ1) is 21.5. The number of hydrogen-bond acceptors (Lipinski definition) is 5. The summed E-state index contributed by atoms with van der Waals surface area (Å²) in [7, 11) is 0. The third-order valence-corrected chi connectivity index (χ3v) is 6.62. The van der Waals surface area contributed by atoms with E-state index in [1.807, 2.05) is 6.92 Å². The molecule has 0 spiro atoms. The number of aliphatic hydroxyl groups excluding tert-OH is 1. The first-order valence-corrected chi connectivity index (χ1v) is 10.6. The fourth-order valence-electron chi connectivity index (χ4n) is 5.04. The van der Waals surface area contributed by atoms with Crippen molar-refractivity contribution in [2.45, 2.75) is 88.9 Å². The molecule has 29 heavy (non-hydrogen) atoms. The Bertz CT molecular complexity index is 669. The molecule has 3 aliphatic rings. The predicted octanol–water partition coefficient (Wildman–Crippen LogP) is 1.44. The molecule has 1 saturated heterocycles. The number of nitrogens with one attached hydrogen (secondary N) is 1. The van der Waals surface area contributed by atoms with Gasteiger partial charge in [-0.05, 0) is 32.6 Å². The van der Waals surface area contributed by atoms with Crippen LogP contribution in [0.15, 0.2) is 0 Å². The van der Waals surface area contributed by atoms with Gasteiger partial charge in [0.25, 0.3) is 0 Å². The van der Waals surface area contributed by atoms with Gasteiger partial charge in [0.15, 0.2) is 12.1 Å². The lowest BCUT2D eigenvalue weighted by atomic mass is 9.80. The zero-order valence-electron chi connectivity index (χ0n) is 16.9. The first-order chi connectivity index (χ1) is 13.8. The van der Waals surface area contributed by atoms with Crippen molar-refractivity contribution in [2.24, 2.45) is 5.92 Å². The molecule has 0 aromatic carbocycles. The number of rotatable bonds is 5.